The number of rotatable bonds is 37. The number of carbonyl (C=O) groups excluding carboxylic acids is 2. The molecule has 0 amide bonds. The molecule has 9 nitrogen and oxygen atoms in total. The Morgan fingerprint density at radius 2 is 1.12 bits per heavy atom. The Kier molecular flexibility index (Phi) is 35.3. The Morgan fingerprint density at radius 3 is 1.67 bits per heavy atom. The van der Waals surface area contributed by atoms with Crippen LogP contribution in [-0.2, 0) is 32.7 Å². The summed E-state index contributed by atoms with van der Waals surface area (Å²) in [5, 5.41) is 0. The van der Waals surface area contributed by atoms with E-state index in [0.717, 1.165) is 70.6 Å². The van der Waals surface area contributed by atoms with E-state index in [9.17, 15) is 19.0 Å². The molecule has 10 heteroatoms. The predicted octanol–water partition coefficient (Wildman–Crippen LogP) is 11.2. The number of unbranched alkanes of at least 4 members (excludes halogenated alkanes) is 17. The first-order valence-electron chi connectivity index (χ1n) is 20.3. The van der Waals surface area contributed by atoms with Crippen LogP contribution in [0, 0.1) is 0 Å². The topological polar surface area (TPSA) is 112 Å². The smallest absolute Gasteiger partial charge is 0.462 e. The Balaban J connectivity index is 4.36. The second-order valence-electron chi connectivity index (χ2n) is 13.8. The lowest BCUT2D eigenvalue weighted by Gasteiger charge is -2.20. The fourth-order valence-corrected chi connectivity index (χ4v) is 6.09. The number of esters is 2. The van der Waals surface area contributed by atoms with Crippen LogP contribution in [0.25, 0.3) is 0 Å². The van der Waals surface area contributed by atoms with Crippen LogP contribution in [0.1, 0.15) is 168 Å². The molecule has 0 fully saturated rings. The third-order valence-electron chi connectivity index (χ3n) is 8.46. The molecule has 0 rings (SSSR count). The van der Waals surface area contributed by atoms with Gasteiger partial charge >= 0.3 is 19.8 Å². The van der Waals surface area contributed by atoms with Crippen LogP contribution >= 0.6 is 7.82 Å². The summed E-state index contributed by atoms with van der Waals surface area (Å²) in [6.45, 7) is 4.18. The van der Waals surface area contributed by atoms with Crippen LogP contribution < -0.4 is 0 Å². The summed E-state index contributed by atoms with van der Waals surface area (Å²) in [6, 6.07) is 0. The van der Waals surface area contributed by atoms with Gasteiger partial charge in [-0.2, -0.15) is 0 Å². The van der Waals surface area contributed by atoms with E-state index in [1.54, 1.807) is 0 Å². The average molecular weight is 742 g/mol. The lowest BCUT2D eigenvalue weighted by molar-refractivity contribution is -0.161. The summed E-state index contributed by atoms with van der Waals surface area (Å²) in [7, 11) is -0.719. The van der Waals surface area contributed by atoms with Gasteiger partial charge < -0.3 is 19.3 Å². The van der Waals surface area contributed by atoms with E-state index in [-0.39, 0.29) is 32.0 Å². The van der Waals surface area contributed by atoms with Crippen molar-refractivity contribution in [3.63, 3.8) is 0 Å². The fraction of sp³-hybridized carbons (Fsp3) is 0.805. The summed E-state index contributed by atoms with van der Waals surface area (Å²) < 4.78 is 33.4. The van der Waals surface area contributed by atoms with Crippen molar-refractivity contribution in [2.75, 3.05) is 40.5 Å². The molecule has 0 aliphatic heterocycles. The van der Waals surface area contributed by atoms with Gasteiger partial charge in [-0.05, 0) is 59.0 Å². The zero-order chi connectivity index (χ0) is 37.7. The molecular formula is C41H76NO8P. The van der Waals surface area contributed by atoms with Gasteiger partial charge in [0.25, 0.3) is 0 Å². The van der Waals surface area contributed by atoms with E-state index < -0.39 is 26.5 Å². The molecule has 2 atom stereocenters. The van der Waals surface area contributed by atoms with E-state index in [2.05, 4.69) is 50.3 Å². The van der Waals surface area contributed by atoms with E-state index >= 15 is 0 Å². The van der Waals surface area contributed by atoms with Crippen molar-refractivity contribution in [3.05, 3.63) is 36.5 Å². The lowest BCUT2D eigenvalue weighted by Crippen LogP contribution is -2.29. The number of nitrogens with zero attached hydrogens (tertiary/aromatic N) is 1. The monoisotopic (exact) mass is 742 g/mol. The van der Waals surface area contributed by atoms with Gasteiger partial charge in [-0.15, -0.1) is 0 Å². The van der Waals surface area contributed by atoms with Gasteiger partial charge in [0.2, 0.25) is 0 Å². The number of phosphoric ester groups is 1. The van der Waals surface area contributed by atoms with Crippen LogP contribution in [0.5, 0.6) is 0 Å². The largest absolute Gasteiger partial charge is 0.472 e. The molecule has 51 heavy (non-hydrogen) atoms. The molecule has 0 saturated carbocycles. The third-order valence-corrected chi connectivity index (χ3v) is 9.45. The first-order valence-corrected chi connectivity index (χ1v) is 21.8. The lowest BCUT2D eigenvalue weighted by atomic mass is 10.0. The van der Waals surface area contributed by atoms with Crippen molar-refractivity contribution in [3.8, 4) is 0 Å². The van der Waals surface area contributed by atoms with E-state index in [1.165, 1.54) is 64.2 Å². The van der Waals surface area contributed by atoms with Gasteiger partial charge in [-0.3, -0.25) is 18.6 Å². The average Bonchev–Trinajstić information content (AvgIpc) is 3.09. The Bertz CT molecular complexity index is 952. The quantitative estimate of drug-likeness (QED) is 0.0288. The van der Waals surface area contributed by atoms with Crippen molar-refractivity contribution in [2.45, 2.75) is 174 Å². The predicted molar refractivity (Wildman–Crippen MR) is 211 cm³/mol. The molecule has 0 radical (unpaired) electrons. The summed E-state index contributed by atoms with van der Waals surface area (Å²) >= 11 is 0. The molecule has 0 aromatic heterocycles. The first kappa shape index (κ1) is 49.2. The fourth-order valence-electron chi connectivity index (χ4n) is 5.35. The van der Waals surface area contributed by atoms with Crippen LogP contribution in [0.3, 0.4) is 0 Å². The summed E-state index contributed by atoms with van der Waals surface area (Å²) in [5.41, 5.74) is 0. The number of ether oxygens (including phenoxy) is 2. The highest BCUT2D eigenvalue weighted by molar-refractivity contribution is 7.47. The zero-order valence-electron chi connectivity index (χ0n) is 33.0. The van der Waals surface area contributed by atoms with Gasteiger partial charge in [0, 0.05) is 19.4 Å². The maximum Gasteiger partial charge on any atom is 0.472 e. The standard InChI is InChI=1S/C41H76NO8P/c1-5-7-9-11-13-15-17-19-20-22-24-26-28-30-32-34-41(44)50-39(38-49-51(45,46)48-36-35-42(3)4)37-47-40(43)33-31-29-27-25-23-21-18-16-14-12-10-8-6-2/h7,9,13,15,19-20,39H,5-6,8,10-12,14,16-18,21-38H2,1-4H3,(H,45,46)/b9-7-,15-13-,20-19-. The van der Waals surface area contributed by atoms with E-state index in [4.69, 9.17) is 18.5 Å². The Hall–Kier alpha value is -1.77. The Labute approximate surface area is 312 Å². The van der Waals surface area contributed by atoms with Gasteiger partial charge in [-0.1, -0.05) is 147 Å². The molecular weight excluding hydrogens is 665 g/mol. The van der Waals surface area contributed by atoms with Crippen LogP contribution in [0.2, 0.25) is 0 Å². The summed E-state index contributed by atoms with van der Waals surface area (Å²) in [6.07, 6.45) is 37.6. The number of hydrogen-bond donors (Lipinski definition) is 1. The molecule has 0 heterocycles. The van der Waals surface area contributed by atoms with Gasteiger partial charge in [0.05, 0.1) is 13.2 Å². The minimum Gasteiger partial charge on any atom is -0.462 e. The number of hydrogen-bond acceptors (Lipinski definition) is 8. The van der Waals surface area contributed by atoms with E-state index in [1.807, 2.05) is 19.0 Å². The van der Waals surface area contributed by atoms with Gasteiger partial charge in [-0.25, -0.2) is 4.57 Å². The first-order chi connectivity index (χ1) is 24.7. The molecule has 1 N–H and O–H groups in total. The maximum atomic E-state index is 12.6. The molecule has 298 valence electrons. The molecule has 2 unspecified atom stereocenters. The van der Waals surface area contributed by atoms with Gasteiger partial charge in [0.15, 0.2) is 6.10 Å². The molecule has 0 aromatic carbocycles. The zero-order valence-corrected chi connectivity index (χ0v) is 33.9. The van der Waals surface area contributed by atoms with Gasteiger partial charge in [0.1, 0.15) is 6.61 Å². The van der Waals surface area contributed by atoms with Crippen LogP contribution in [0.4, 0.5) is 0 Å². The highest BCUT2D eigenvalue weighted by Crippen LogP contribution is 2.43. The van der Waals surface area contributed by atoms with Crippen molar-refractivity contribution < 1.29 is 37.6 Å². The highest BCUT2D eigenvalue weighted by atomic mass is 31.2. The van der Waals surface area contributed by atoms with Crippen molar-refractivity contribution >= 4 is 19.8 Å². The minimum absolute atomic E-state index is 0.00414. The maximum absolute atomic E-state index is 12.6. The normalized spacial score (nSPS) is 13.8. The molecule has 0 spiro atoms. The van der Waals surface area contributed by atoms with Crippen molar-refractivity contribution in [1.29, 1.82) is 0 Å². The molecule has 0 bridgehead atoms. The van der Waals surface area contributed by atoms with Crippen LogP contribution in [0.15, 0.2) is 36.5 Å². The SMILES string of the molecule is CC/C=C\C/C=C\C/C=C\CCCCCCCC(=O)OC(COC(=O)CCCCCCCCCCCCCCC)COP(=O)(O)OCCN(C)C. The minimum atomic E-state index is -4.36. The molecule has 0 aliphatic carbocycles. The molecule has 0 aliphatic rings. The second kappa shape index (κ2) is 36.6. The number of carbonyl (C=O) groups is 2. The highest BCUT2D eigenvalue weighted by Gasteiger charge is 2.26. The summed E-state index contributed by atoms with van der Waals surface area (Å²) in [5.74, 6) is -0.821. The number of allylic oxidation sites excluding steroid dienone is 6. The molecule has 0 aromatic rings. The summed E-state index contributed by atoms with van der Waals surface area (Å²) in [4.78, 5) is 36.9. The van der Waals surface area contributed by atoms with Crippen molar-refractivity contribution in [1.82, 2.24) is 4.90 Å². The van der Waals surface area contributed by atoms with E-state index in [0.29, 0.717) is 13.0 Å². The Morgan fingerprint density at radius 1 is 0.627 bits per heavy atom. The third kappa shape index (κ3) is 37.8. The second-order valence-corrected chi connectivity index (χ2v) is 15.2. The number of phosphoric acid groups is 1. The van der Waals surface area contributed by atoms with Crippen molar-refractivity contribution in [2.24, 2.45) is 0 Å². The van der Waals surface area contributed by atoms with Crippen LogP contribution in [-0.4, -0.2) is 68.3 Å². The molecule has 0 saturated heterocycles. The number of likely N-dealkylation sites (N-methyl/N-ethyl adjacent to an activating group) is 1.